The van der Waals surface area contributed by atoms with Gasteiger partial charge in [-0.25, -0.2) is 4.98 Å². The minimum atomic E-state index is -0.00520. The molecule has 4 heterocycles. The molecule has 1 aliphatic heterocycles. The summed E-state index contributed by atoms with van der Waals surface area (Å²) < 4.78 is 11.2. The first-order valence-corrected chi connectivity index (χ1v) is 11.4. The van der Waals surface area contributed by atoms with Crippen LogP contribution in [-0.2, 0) is 6.54 Å². The molecule has 0 aliphatic carbocycles. The maximum Gasteiger partial charge on any atom is 0.259 e. The quantitative estimate of drug-likeness (QED) is 0.452. The number of nitrogens with zero attached hydrogens (tertiary/aromatic N) is 4. The molecule has 0 spiro atoms. The smallest absolute Gasteiger partial charge is 0.259 e. The van der Waals surface area contributed by atoms with Gasteiger partial charge in [0.15, 0.2) is 0 Å². The van der Waals surface area contributed by atoms with E-state index in [2.05, 4.69) is 39.3 Å². The molecule has 0 radical (unpaired) electrons. The summed E-state index contributed by atoms with van der Waals surface area (Å²) in [5.41, 5.74) is 4.46. The third kappa shape index (κ3) is 4.28. The lowest BCUT2D eigenvalue weighted by Crippen LogP contribution is -2.35. The number of aryl methyl sites for hydroxylation is 3. The molecule has 1 fully saturated rings. The first kappa shape index (κ1) is 21.4. The first-order chi connectivity index (χ1) is 16.0. The average molecular weight is 445 g/mol. The Balaban J connectivity index is 1.43. The van der Waals surface area contributed by atoms with Crippen molar-refractivity contribution in [2.45, 2.75) is 33.7 Å². The Morgan fingerprint density at radius 2 is 1.85 bits per heavy atom. The summed E-state index contributed by atoms with van der Waals surface area (Å²) in [6, 6.07) is 14.3. The van der Waals surface area contributed by atoms with Gasteiger partial charge in [0.05, 0.1) is 22.3 Å². The fraction of sp³-hybridized carbons (Fsp3) is 0.346. The molecule has 1 amide bonds. The molecule has 0 unspecified atom stereocenters. The molecular weight excluding hydrogens is 416 g/mol. The van der Waals surface area contributed by atoms with E-state index in [9.17, 15) is 4.79 Å². The fourth-order valence-electron chi connectivity index (χ4n) is 4.63. The van der Waals surface area contributed by atoms with Crippen LogP contribution in [0.1, 0.15) is 39.6 Å². The Labute approximate surface area is 193 Å². The standard InChI is InChI=1S/C26H28N4O3/c1-17-14-21(19(3)32-17)23-15-22(24-18(2)28-33-25(24)27-23)26(31)30-11-7-10-29(12-13-30)16-20-8-5-4-6-9-20/h4-6,8-9,14-15H,7,10-13,16H2,1-3H3. The largest absolute Gasteiger partial charge is 0.466 e. The first-order valence-electron chi connectivity index (χ1n) is 11.4. The van der Waals surface area contributed by atoms with Crippen molar-refractivity contribution in [1.82, 2.24) is 19.9 Å². The van der Waals surface area contributed by atoms with Gasteiger partial charge in [-0.2, -0.15) is 0 Å². The lowest BCUT2D eigenvalue weighted by atomic mass is 10.0. The molecule has 1 saturated heterocycles. The number of benzene rings is 1. The van der Waals surface area contributed by atoms with Crippen molar-refractivity contribution in [1.29, 1.82) is 0 Å². The number of hydrogen-bond acceptors (Lipinski definition) is 6. The number of pyridine rings is 1. The van der Waals surface area contributed by atoms with Crippen LogP contribution in [0.15, 0.2) is 51.4 Å². The van der Waals surface area contributed by atoms with Gasteiger partial charge in [-0.3, -0.25) is 9.69 Å². The van der Waals surface area contributed by atoms with Crippen molar-refractivity contribution < 1.29 is 13.7 Å². The van der Waals surface area contributed by atoms with E-state index < -0.39 is 0 Å². The molecule has 0 bridgehead atoms. The third-order valence-corrected chi connectivity index (χ3v) is 6.29. The monoisotopic (exact) mass is 444 g/mol. The number of carbonyl (C=O) groups is 1. The number of hydrogen-bond donors (Lipinski definition) is 0. The lowest BCUT2D eigenvalue weighted by Gasteiger charge is -2.22. The fourth-order valence-corrected chi connectivity index (χ4v) is 4.63. The maximum atomic E-state index is 13.7. The molecule has 4 aromatic rings. The average Bonchev–Trinajstić information content (AvgIpc) is 3.26. The summed E-state index contributed by atoms with van der Waals surface area (Å²) in [7, 11) is 0. The van der Waals surface area contributed by atoms with Crippen LogP contribution >= 0.6 is 0 Å². The third-order valence-electron chi connectivity index (χ3n) is 6.29. The Morgan fingerprint density at radius 1 is 1.03 bits per heavy atom. The zero-order valence-corrected chi connectivity index (χ0v) is 19.3. The SMILES string of the molecule is Cc1cc(-c2cc(C(=O)N3CCCN(Cc4ccccc4)CC3)c3c(C)noc3n2)c(C)o1. The topological polar surface area (TPSA) is 75.6 Å². The van der Waals surface area contributed by atoms with Crippen LogP contribution in [0.2, 0.25) is 0 Å². The summed E-state index contributed by atoms with van der Waals surface area (Å²) in [5, 5.41) is 4.77. The molecule has 33 heavy (non-hydrogen) atoms. The summed E-state index contributed by atoms with van der Waals surface area (Å²) in [5.74, 6) is 1.56. The molecule has 5 rings (SSSR count). The van der Waals surface area contributed by atoms with Gasteiger partial charge in [0, 0.05) is 38.3 Å². The van der Waals surface area contributed by atoms with Crippen molar-refractivity contribution in [3.05, 3.63) is 70.8 Å². The number of furan rings is 1. The van der Waals surface area contributed by atoms with Crippen LogP contribution in [0, 0.1) is 20.8 Å². The van der Waals surface area contributed by atoms with Gasteiger partial charge < -0.3 is 13.8 Å². The zero-order valence-electron chi connectivity index (χ0n) is 19.3. The summed E-state index contributed by atoms with van der Waals surface area (Å²) in [6.07, 6.45) is 0.933. The van der Waals surface area contributed by atoms with Crippen molar-refractivity contribution in [2.75, 3.05) is 26.2 Å². The van der Waals surface area contributed by atoms with Crippen LogP contribution in [-0.4, -0.2) is 52.0 Å². The van der Waals surface area contributed by atoms with Gasteiger partial charge in [0.1, 0.15) is 11.5 Å². The van der Waals surface area contributed by atoms with Crippen LogP contribution in [0.25, 0.3) is 22.4 Å². The van der Waals surface area contributed by atoms with E-state index in [4.69, 9.17) is 8.94 Å². The highest BCUT2D eigenvalue weighted by atomic mass is 16.5. The van der Waals surface area contributed by atoms with E-state index in [1.165, 1.54) is 5.56 Å². The van der Waals surface area contributed by atoms with Crippen molar-refractivity contribution >= 4 is 17.0 Å². The van der Waals surface area contributed by atoms with Gasteiger partial charge in [0.25, 0.3) is 11.6 Å². The molecule has 7 nitrogen and oxygen atoms in total. The molecule has 0 atom stereocenters. The summed E-state index contributed by atoms with van der Waals surface area (Å²) in [4.78, 5) is 22.7. The lowest BCUT2D eigenvalue weighted by molar-refractivity contribution is 0.0763. The minimum Gasteiger partial charge on any atom is -0.466 e. The van der Waals surface area contributed by atoms with Crippen LogP contribution in [0.3, 0.4) is 0 Å². The van der Waals surface area contributed by atoms with Crippen LogP contribution in [0.5, 0.6) is 0 Å². The number of aromatic nitrogens is 2. The highest BCUT2D eigenvalue weighted by Gasteiger charge is 2.26. The van der Waals surface area contributed by atoms with Gasteiger partial charge >= 0.3 is 0 Å². The number of rotatable bonds is 4. The second-order valence-electron chi connectivity index (χ2n) is 8.74. The van der Waals surface area contributed by atoms with Gasteiger partial charge in [-0.1, -0.05) is 35.5 Å². The molecule has 1 aromatic carbocycles. The van der Waals surface area contributed by atoms with Crippen LogP contribution in [0.4, 0.5) is 0 Å². The van der Waals surface area contributed by atoms with Gasteiger partial charge in [0.2, 0.25) is 0 Å². The van der Waals surface area contributed by atoms with E-state index in [0.29, 0.717) is 34.6 Å². The molecule has 0 saturated carbocycles. The number of amides is 1. The minimum absolute atomic E-state index is 0.00520. The van der Waals surface area contributed by atoms with E-state index in [1.807, 2.05) is 43.9 Å². The molecule has 170 valence electrons. The second-order valence-corrected chi connectivity index (χ2v) is 8.74. The highest BCUT2D eigenvalue weighted by molar-refractivity contribution is 6.07. The zero-order chi connectivity index (χ0) is 22.9. The molecular formula is C26H28N4O3. The maximum absolute atomic E-state index is 13.7. The molecule has 7 heteroatoms. The Kier molecular flexibility index (Phi) is 5.72. The predicted molar refractivity (Wildman–Crippen MR) is 126 cm³/mol. The molecule has 3 aromatic heterocycles. The molecule has 0 N–H and O–H groups in total. The second kappa shape index (κ2) is 8.83. The Bertz CT molecular complexity index is 1290. The van der Waals surface area contributed by atoms with E-state index in [-0.39, 0.29) is 5.91 Å². The van der Waals surface area contributed by atoms with E-state index >= 15 is 0 Å². The highest BCUT2D eigenvalue weighted by Crippen LogP contribution is 2.31. The number of carbonyl (C=O) groups excluding carboxylic acids is 1. The van der Waals surface area contributed by atoms with E-state index in [0.717, 1.165) is 49.7 Å². The van der Waals surface area contributed by atoms with Crippen molar-refractivity contribution in [3.63, 3.8) is 0 Å². The number of fused-ring (bicyclic) bond motifs is 1. The summed E-state index contributed by atoms with van der Waals surface area (Å²) >= 11 is 0. The van der Waals surface area contributed by atoms with Crippen molar-refractivity contribution in [3.8, 4) is 11.3 Å². The predicted octanol–water partition coefficient (Wildman–Crippen LogP) is 4.76. The summed E-state index contributed by atoms with van der Waals surface area (Å²) in [6.45, 7) is 9.75. The Morgan fingerprint density at radius 3 is 2.61 bits per heavy atom. The van der Waals surface area contributed by atoms with Gasteiger partial charge in [-0.05, 0) is 44.9 Å². The van der Waals surface area contributed by atoms with Gasteiger partial charge in [-0.15, -0.1) is 0 Å². The molecule has 1 aliphatic rings. The van der Waals surface area contributed by atoms with E-state index in [1.54, 1.807) is 0 Å². The van der Waals surface area contributed by atoms with Crippen molar-refractivity contribution in [2.24, 2.45) is 0 Å². The normalized spacial score (nSPS) is 15.2. The Hall–Kier alpha value is -3.45. The van der Waals surface area contributed by atoms with Crippen LogP contribution < -0.4 is 0 Å².